The zero-order chi connectivity index (χ0) is 16.7. The topological polar surface area (TPSA) is 54.0 Å². The first-order chi connectivity index (χ1) is 11.1. The van der Waals surface area contributed by atoms with E-state index >= 15 is 0 Å². The van der Waals surface area contributed by atoms with E-state index in [2.05, 4.69) is 23.3 Å². The minimum Gasteiger partial charge on any atom is -0.493 e. The molecule has 1 heterocycles. The van der Waals surface area contributed by atoms with E-state index in [-0.39, 0.29) is 6.10 Å². The predicted molar refractivity (Wildman–Crippen MR) is 92.3 cm³/mol. The van der Waals surface area contributed by atoms with E-state index in [9.17, 15) is 5.11 Å². The molecule has 23 heavy (non-hydrogen) atoms. The van der Waals surface area contributed by atoms with E-state index < -0.39 is 0 Å². The summed E-state index contributed by atoms with van der Waals surface area (Å²) >= 11 is 0. The molecule has 0 amide bonds. The highest BCUT2D eigenvalue weighted by Gasteiger charge is 2.22. The minimum atomic E-state index is -0.229. The fourth-order valence-electron chi connectivity index (χ4n) is 3.14. The monoisotopic (exact) mass is 322 g/mol. The van der Waals surface area contributed by atoms with Crippen LogP contribution in [0, 0.1) is 5.92 Å². The van der Waals surface area contributed by atoms with Crippen LogP contribution in [0.1, 0.15) is 18.4 Å². The Labute approximate surface area is 139 Å². The van der Waals surface area contributed by atoms with Crippen molar-refractivity contribution in [3.63, 3.8) is 0 Å². The third kappa shape index (κ3) is 5.37. The third-order valence-corrected chi connectivity index (χ3v) is 4.66. The Morgan fingerprint density at radius 1 is 1.22 bits per heavy atom. The van der Waals surface area contributed by atoms with Crippen LogP contribution in [0.4, 0.5) is 0 Å². The van der Waals surface area contributed by atoms with Crippen molar-refractivity contribution in [2.24, 2.45) is 5.92 Å². The lowest BCUT2D eigenvalue weighted by atomic mass is 9.92. The van der Waals surface area contributed by atoms with Crippen LogP contribution in [0.5, 0.6) is 11.5 Å². The van der Waals surface area contributed by atoms with Gasteiger partial charge in [0.1, 0.15) is 0 Å². The van der Waals surface area contributed by atoms with Crippen molar-refractivity contribution in [1.82, 2.24) is 10.2 Å². The maximum absolute atomic E-state index is 10.4. The maximum atomic E-state index is 10.4. The fourth-order valence-corrected chi connectivity index (χ4v) is 3.14. The second-order valence-corrected chi connectivity index (χ2v) is 6.36. The largest absolute Gasteiger partial charge is 0.493 e. The number of nitrogens with one attached hydrogen (secondary N) is 1. The first kappa shape index (κ1) is 18.0. The van der Waals surface area contributed by atoms with Gasteiger partial charge in [0.05, 0.1) is 20.3 Å². The van der Waals surface area contributed by atoms with Gasteiger partial charge in [-0.1, -0.05) is 6.07 Å². The molecule has 5 heteroatoms. The van der Waals surface area contributed by atoms with Gasteiger partial charge in [-0.05, 0) is 63.0 Å². The smallest absolute Gasteiger partial charge is 0.160 e. The first-order valence-electron chi connectivity index (χ1n) is 8.42. The molecule has 1 aromatic carbocycles. The van der Waals surface area contributed by atoms with Gasteiger partial charge in [0.15, 0.2) is 11.5 Å². The molecule has 1 atom stereocenters. The van der Waals surface area contributed by atoms with Crippen LogP contribution in [-0.2, 0) is 6.42 Å². The number of rotatable bonds is 8. The van der Waals surface area contributed by atoms with Crippen LogP contribution >= 0.6 is 0 Å². The van der Waals surface area contributed by atoms with Crippen molar-refractivity contribution in [2.45, 2.75) is 25.4 Å². The zero-order valence-corrected chi connectivity index (χ0v) is 14.5. The Bertz CT molecular complexity index is 475. The van der Waals surface area contributed by atoms with Crippen molar-refractivity contribution in [3.8, 4) is 11.5 Å². The lowest BCUT2D eigenvalue weighted by Gasteiger charge is -2.30. The molecule has 2 N–H and O–H groups in total. The average Bonchev–Trinajstić information content (AvgIpc) is 2.60. The number of aliphatic hydroxyl groups is 1. The number of nitrogens with zero attached hydrogens (tertiary/aromatic N) is 1. The lowest BCUT2D eigenvalue weighted by molar-refractivity contribution is 0.0584. The standard InChI is InChI=1S/C18H30N2O3/c1-20(13-16(21)15-6-9-19-10-7-15)11-8-14-4-5-17(22-2)18(12-14)23-3/h4-5,12,15-16,19,21H,6-11,13H2,1-3H3. The fraction of sp³-hybridized carbons (Fsp3) is 0.667. The van der Waals surface area contributed by atoms with E-state index in [1.807, 2.05) is 12.1 Å². The molecule has 0 aliphatic carbocycles. The van der Waals surface area contributed by atoms with Crippen LogP contribution in [0.3, 0.4) is 0 Å². The molecule has 0 aromatic heterocycles. The number of piperidine rings is 1. The van der Waals surface area contributed by atoms with Crippen molar-refractivity contribution in [1.29, 1.82) is 0 Å². The van der Waals surface area contributed by atoms with Gasteiger partial charge in [-0.15, -0.1) is 0 Å². The number of aliphatic hydroxyl groups excluding tert-OH is 1. The Balaban J connectivity index is 1.80. The molecular formula is C18H30N2O3. The number of ether oxygens (including phenoxy) is 2. The van der Waals surface area contributed by atoms with Crippen molar-refractivity contribution in [3.05, 3.63) is 23.8 Å². The molecule has 5 nitrogen and oxygen atoms in total. The van der Waals surface area contributed by atoms with Gasteiger partial charge in [0.25, 0.3) is 0 Å². The van der Waals surface area contributed by atoms with Gasteiger partial charge < -0.3 is 24.8 Å². The first-order valence-corrected chi connectivity index (χ1v) is 8.42. The molecule has 1 saturated heterocycles. The lowest BCUT2D eigenvalue weighted by Crippen LogP contribution is -2.40. The quantitative estimate of drug-likeness (QED) is 0.760. The van der Waals surface area contributed by atoms with Crippen LogP contribution in [-0.4, -0.2) is 63.6 Å². The molecule has 0 saturated carbocycles. The molecule has 130 valence electrons. The van der Waals surface area contributed by atoms with Gasteiger partial charge in [0.2, 0.25) is 0 Å². The highest BCUT2D eigenvalue weighted by atomic mass is 16.5. The molecule has 1 aliphatic heterocycles. The van der Waals surface area contributed by atoms with Crippen molar-refractivity contribution in [2.75, 3.05) is 47.4 Å². The molecule has 0 bridgehead atoms. The SMILES string of the molecule is COc1ccc(CCN(C)CC(O)C2CCNCC2)cc1OC. The summed E-state index contributed by atoms with van der Waals surface area (Å²) in [7, 11) is 5.38. The molecular weight excluding hydrogens is 292 g/mol. The minimum absolute atomic E-state index is 0.229. The maximum Gasteiger partial charge on any atom is 0.160 e. The van der Waals surface area contributed by atoms with E-state index in [0.29, 0.717) is 5.92 Å². The van der Waals surface area contributed by atoms with Gasteiger partial charge in [-0.2, -0.15) is 0 Å². The third-order valence-electron chi connectivity index (χ3n) is 4.66. The molecule has 0 radical (unpaired) electrons. The van der Waals surface area contributed by atoms with E-state index in [1.165, 1.54) is 5.56 Å². The highest BCUT2D eigenvalue weighted by Crippen LogP contribution is 2.27. The molecule has 1 fully saturated rings. The molecule has 1 unspecified atom stereocenters. The summed E-state index contributed by atoms with van der Waals surface area (Å²) in [6.07, 6.45) is 2.85. The van der Waals surface area contributed by atoms with Gasteiger partial charge >= 0.3 is 0 Å². The molecule has 1 aliphatic rings. The van der Waals surface area contributed by atoms with Crippen LogP contribution in [0.2, 0.25) is 0 Å². The Kier molecular flexibility index (Phi) is 7.15. The van der Waals surface area contributed by atoms with Gasteiger partial charge in [0, 0.05) is 13.1 Å². The zero-order valence-electron chi connectivity index (χ0n) is 14.5. The van der Waals surface area contributed by atoms with Crippen LogP contribution < -0.4 is 14.8 Å². The molecule has 0 spiro atoms. The number of likely N-dealkylation sites (N-methyl/N-ethyl adjacent to an activating group) is 1. The summed E-state index contributed by atoms with van der Waals surface area (Å²) in [5, 5.41) is 13.7. The Hall–Kier alpha value is -1.30. The van der Waals surface area contributed by atoms with Crippen molar-refractivity contribution >= 4 is 0 Å². The second-order valence-electron chi connectivity index (χ2n) is 6.36. The molecule has 1 aromatic rings. The summed E-state index contributed by atoms with van der Waals surface area (Å²) in [5.41, 5.74) is 1.21. The number of benzene rings is 1. The van der Waals surface area contributed by atoms with Crippen LogP contribution in [0.25, 0.3) is 0 Å². The highest BCUT2D eigenvalue weighted by molar-refractivity contribution is 5.42. The number of hydrogen-bond donors (Lipinski definition) is 2. The van der Waals surface area contributed by atoms with Gasteiger partial charge in [-0.25, -0.2) is 0 Å². The average molecular weight is 322 g/mol. The summed E-state index contributed by atoms with van der Waals surface area (Å²) < 4.78 is 10.6. The van der Waals surface area contributed by atoms with Gasteiger partial charge in [-0.3, -0.25) is 0 Å². The van der Waals surface area contributed by atoms with E-state index in [0.717, 1.165) is 56.9 Å². The van der Waals surface area contributed by atoms with E-state index in [4.69, 9.17) is 9.47 Å². The Morgan fingerprint density at radius 2 is 1.91 bits per heavy atom. The summed E-state index contributed by atoms with van der Waals surface area (Å²) in [5.74, 6) is 1.95. The second kappa shape index (κ2) is 9.11. The summed E-state index contributed by atoms with van der Waals surface area (Å²) in [6.45, 7) is 3.70. The molecule has 2 rings (SSSR count). The Morgan fingerprint density at radius 3 is 2.57 bits per heavy atom. The number of hydrogen-bond acceptors (Lipinski definition) is 5. The summed E-state index contributed by atoms with van der Waals surface area (Å²) in [6, 6.07) is 6.03. The van der Waals surface area contributed by atoms with Crippen LogP contribution in [0.15, 0.2) is 18.2 Å². The van der Waals surface area contributed by atoms with E-state index in [1.54, 1.807) is 14.2 Å². The number of methoxy groups -OCH3 is 2. The summed E-state index contributed by atoms with van der Waals surface area (Å²) in [4.78, 5) is 2.21. The predicted octanol–water partition coefficient (Wildman–Crippen LogP) is 1.54. The van der Waals surface area contributed by atoms with Crippen molar-refractivity contribution < 1.29 is 14.6 Å². The normalized spacial score (nSPS) is 17.3.